The number of methoxy groups -OCH3 is 1. The van der Waals surface area contributed by atoms with Crippen LogP contribution in [0.2, 0.25) is 0 Å². The van der Waals surface area contributed by atoms with Gasteiger partial charge in [-0.1, -0.05) is 6.92 Å². The minimum Gasteiger partial charge on any atom is -0.497 e. The van der Waals surface area contributed by atoms with Crippen LogP contribution in [0.3, 0.4) is 0 Å². The van der Waals surface area contributed by atoms with E-state index >= 15 is 0 Å². The molecular formula is C15H18N4O2. The van der Waals surface area contributed by atoms with Gasteiger partial charge in [0.1, 0.15) is 17.2 Å². The van der Waals surface area contributed by atoms with Crippen molar-refractivity contribution in [3.8, 4) is 23.4 Å². The molecule has 0 bridgehead atoms. The molecule has 2 rings (SSSR count). The first-order valence-corrected chi connectivity index (χ1v) is 6.69. The summed E-state index contributed by atoms with van der Waals surface area (Å²) in [6.45, 7) is 4.60. The molecule has 0 amide bonds. The van der Waals surface area contributed by atoms with Crippen molar-refractivity contribution in [2.24, 2.45) is 0 Å². The highest BCUT2D eigenvalue weighted by molar-refractivity contribution is 5.55. The molecule has 0 atom stereocenters. The first kappa shape index (κ1) is 14.7. The summed E-state index contributed by atoms with van der Waals surface area (Å²) in [5, 5.41) is 13.4. The van der Waals surface area contributed by atoms with Gasteiger partial charge >= 0.3 is 0 Å². The van der Waals surface area contributed by atoms with Gasteiger partial charge in [0, 0.05) is 12.6 Å². The molecule has 0 aliphatic heterocycles. The molecule has 0 saturated heterocycles. The normalized spacial score (nSPS) is 10.2. The van der Waals surface area contributed by atoms with Crippen molar-refractivity contribution in [2.45, 2.75) is 26.8 Å². The Morgan fingerprint density at radius 3 is 2.67 bits per heavy atom. The van der Waals surface area contributed by atoms with Gasteiger partial charge in [0.05, 0.1) is 24.4 Å². The molecule has 0 fully saturated rings. The second-order valence-electron chi connectivity index (χ2n) is 4.64. The monoisotopic (exact) mass is 286 g/mol. The second kappa shape index (κ2) is 6.18. The van der Waals surface area contributed by atoms with Gasteiger partial charge in [0.2, 0.25) is 5.88 Å². The van der Waals surface area contributed by atoms with E-state index in [2.05, 4.69) is 18.1 Å². The fraction of sp³-hybridized carbons (Fsp3) is 0.333. The minimum absolute atomic E-state index is 0.459. The molecule has 2 aromatic rings. The zero-order valence-corrected chi connectivity index (χ0v) is 12.4. The molecule has 0 unspecified atom stereocenters. The smallest absolute Gasteiger partial charge is 0.241 e. The van der Waals surface area contributed by atoms with Crippen LogP contribution < -0.4 is 15.2 Å². The fourth-order valence-electron chi connectivity index (χ4n) is 1.97. The molecule has 1 heterocycles. The zero-order valence-electron chi connectivity index (χ0n) is 12.4. The lowest BCUT2D eigenvalue weighted by Gasteiger charge is -2.10. The minimum atomic E-state index is 0.459. The predicted octanol–water partition coefficient (Wildman–Crippen LogP) is 2.86. The van der Waals surface area contributed by atoms with Crippen LogP contribution in [0, 0.1) is 18.3 Å². The Kier molecular flexibility index (Phi) is 4.33. The van der Waals surface area contributed by atoms with E-state index in [9.17, 15) is 0 Å². The molecule has 0 radical (unpaired) electrons. The molecule has 0 spiro atoms. The Balaban J connectivity index is 2.40. The van der Waals surface area contributed by atoms with E-state index in [-0.39, 0.29) is 0 Å². The van der Waals surface area contributed by atoms with Crippen LogP contribution in [0.25, 0.3) is 0 Å². The van der Waals surface area contributed by atoms with Crippen LogP contribution in [-0.4, -0.2) is 16.9 Å². The van der Waals surface area contributed by atoms with Crippen molar-refractivity contribution in [2.75, 3.05) is 12.8 Å². The molecule has 2 N–H and O–H groups in total. The van der Waals surface area contributed by atoms with E-state index in [4.69, 9.17) is 20.5 Å². The number of anilines is 1. The summed E-state index contributed by atoms with van der Waals surface area (Å²) in [6, 6.07) is 7.06. The summed E-state index contributed by atoms with van der Waals surface area (Å²) in [5.41, 5.74) is 7.71. The van der Waals surface area contributed by atoms with Gasteiger partial charge in [-0.05, 0) is 25.5 Å². The molecule has 21 heavy (non-hydrogen) atoms. The number of ether oxygens (including phenoxy) is 2. The average Bonchev–Trinajstić information content (AvgIpc) is 2.75. The molecule has 1 aromatic heterocycles. The maximum Gasteiger partial charge on any atom is 0.241 e. The maximum atomic E-state index is 9.04. The number of aryl methyl sites for hydroxylation is 2. The number of nitriles is 1. The van der Waals surface area contributed by atoms with Crippen molar-refractivity contribution < 1.29 is 9.47 Å². The summed E-state index contributed by atoms with van der Waals surface area (Å²) >= 11 is 0. The fourth-order valence-corrected chi connectivity index (χ4v) is 1.97. The molecule has 0 saturated carbocycles. The highest BCUT2D eigenvalue weighted by Gasteiger charge is 2.15. The highest BCUT2D eigenvalue weighted by Crippen LogP contribution is 2.32. The number of hydrogen-bond donors (Lipinski definition) is 1. The summed E-state index contributed by atoms with van der Waals surface area (Å²) in [6.07, 6.45) is 0.915. The summed E-state index contributed by atoms with van der Waals surface area (Å²) in [4.78, 5) is 0. The van der Waals surface area contributed by atoms with Crippen LogP contribution in [0.5, 0.6) is 17.4 Å². The van der Waals surface area contributed by atoms with Gasteiger partial charge in [-0.15, -0.1) is 0 Å². The van der Waals surface area contributed by atoms with E-state index in [0.717, 1.165) is 12.1 Å². The standard InChI is InChI=1S/C15H18N4O2/c1-4-5-19-15(14(17)10(2)18-19)21-13-7-11(9-16)6-12(8-13)20-3/h6-8H,4-5,17H2,1-3H3. The third-order valence-electron chi connectivity index (χ3n) is 3.02. The van der Waals surface area contributed by atoms with E-state index in [1.165, 1.54) is 0 Å². The van der Waals surface area contributed by atoms with Gasteiger partial charge in [-0.25, -0.2) is 4.68 Å². The lowest BCUT2D eigenvalue weighted by atomic mass is 10.2. The van der Waals surface area contributed by atoms with E-state index in [1.807, 2.05) is 6.92 Å². The second-order valence-corrected chi connectivity index (χ2v) is 4.64. The van der Waals surface area contributed by atoms with E-state index < -0.39 is 0 Å². The summed E-state index contributed by atoms with van der Waals surface area (Å²) in [5.74, 6) is 1.54. The molecule has 6 heteroatoms. The third kappa shape index (κ3) is 3.08. The van der Waals surface area contributed by atoms with Gasteiger partial charge in [0.25, 0.3) is 0 Å². The molecule has 0 aliphatic rings. The lowest BCUT2D eigenvalue weighted by molar-refractivity contribution is 0.394. The largest absolute Gasteiger partial charge is 0.497 e. The highest BCUT2D eigenvalue weighted by atomic mass is 16.5. The number of hydrogen-bond acceptors (Lipinski definition) is 5. The van der Waals surface area contributed by atoms with Gasteiger partial charge in [-0.2, -0.15) is 10.4 Å². The number of nitrogen functional groups attached to an aromatic ring is 1. The van der Waals surface area contributed by atoms with Crippen LogP contribution in [-0.2, 0) is 6.54 Å². The molecular weight excluding hydrogens is 268 g/mol. The van der Waals surface area contributed by atoms with Gasteiger partial charge < -0.3 is 15.2 Å². The SMILES string of the molecule is CCCn1nc(C)c(N)c1Oc1cc(C#N)cc(OC)c1. The molecule has 6 nitrogen and oxygen atoms in total. The predicted molar refractivity (Wildman–Crippen MR) is 79.5 cm³/mol. The van der Waals surface area contributed by atoms with Gasteiger partial charge in [0.15, 0.2) is 0 Å². The lowest BCUT2D eigenvalue weighted by Crippen LogP contribution is -2.03. The number of nitrogens with two attached hydrogens (primary N) is 1. The van der Waals surface area contributed by atoms with Crippen molar-refractivity contribution in [3.05, 3.63) is 29.5 Å². The van der Waals surface area contributed by atoms with E-state index in [1.54, 1.807) is 30.0 Å². The number of aromatic nitrogens is 2. The summed E-state index contributed by atoms with van der Waals surface area (Å²) < 4.78 is 12.7. The molecule has 110 valence electrons. The maximum absolute atomic E-state index is 9.04. The van der Waals surface area contributed by atoms with Crippen LogP contribution in [0.15, 0.2) is 18.2 Å². The number of rotatable bonds is 5. The van der Waals surface area contributed by atoms with Gasteiger partial charge in [-0.3, -0.25) is 0 Å². The number of benzene rings is 1. The van der Waals surface area contributed by atoms with E-state index in [0.29, 0.717) is 35.2 Å². The van der Waals surface area contributed by atoms with Crippen LogP contribution >= 0.6 is 0 Å². The Bertz CT molecular complexity index is 686. The van der Waals surface area contributed by atoms with Crippen LogP contribution in [0.1, 0.15) is 24.6 Å². The summed E-state index contributed by atoms with van der Waals surface area (Å²) in [7, 11) is 1.54. The Hall–Kier alpha value is -2.68. The Labute approximate surface area is 123 Å². The first-order valence-electron chi connectivity index (χ1n) is 6.69. The topological polar surface area (TPSA) is 86.1 Å². The average molecular weight is 286 g/mol. The van der Waals surface area contributed by atoms with Crippen molar-refractivity contribution in [1.82, 2.24) is 9.78 Å². The third-order valence-corrected chi connectivity index (χ3v) is 3.02. The van der Waals surface area contributed by atoms with Crippen molar-refractivity contribution in [1.29, 1.82) is 5.26 Å². The Morgan fingerprint density at radius 1 is 1.33 bits per heavy atom. The quantitative estimate of drug-likeness (QED) is 0.913. The number of nitrogens with zero attached hydrogens (tertiary/aromatic N) is 3. The first-order chi connectivity index (χ1) is 10.1. The van der Waals surface area contributed by atoms with Crippen molar-refractivity contribution in [3.63, 3.8) is 0 Å². The zero-order chi connectivity index (χ0) is 15.4. The molecule has 1 aromatic carbocycles. The Morgan fingerprint density at radius 2 is 2.05 bits per heavy atom. The molecule has 0 aliphatic carbocycles. The van der Waals surface area contributed by atoms with Crippen LogP contribution in [0.4, 0.5) is 5.69 Å². The van der Waals surface area contributed by atoms with Crippen molar-refractivity contribution >= 4 is 5.69 Å².